The van der Waals surface area contributed by atoms with E-state index in [9.17, 15) is 9.50 Å². The third-order valence-electron chi connectivity index (χ3n) is 2.88. The highest BCUT2D eigenvalue weighted by molar-refractivity contribution is 6.31. The van der Waals surface area contributed by atoms with Crippen LogP contribution in [0.5, 0.6) is 0 Å². The van der Waals surface area contributed by atoms with Gasteiger partial charge in [-0.1, -0.05) is 29.8 Å². The number of rotatable bonds is 3. The van der Waals surface area contributed by atoms with E-state index in [0.29, 0.717) is 21.7 Å². The molecule has 1 atom stereocenters. The number of nitriles is 1. The number of nitrogens with zero attached hydrogens (tertiary/aromatic N) is 1. The van der Waals surface area contributed by atoms with Crippen LogP contribution in [0.4, 0.5) is 4.39 Å². The van der Waals surface area contributed by atoms with E-state index in [1.54, 1.807) is 30.3 Å². The van der Waals surface area contributed by atoms with Gasteiger partial charge in [-0.05, 0) is 29.8 Å². The number of aliphatic hydroxyl groups excluding tert-OH is 1. The van der Waals surface area contributed by atoms with Crippen LogP contribution in [-0.2, 0) is 6.42 Å². The molecule has 0 saturated carbocycles. The molecule has 0 aliphatic carbocycles. The predicted octanol–water partition coefficient (Wildman–Crippen LogP) is 3.63. The lowest BCUT2D eigenvalue weighted by atomic mass is 10.00. The van der Waals surface area contributed by atoms with E-state index in [-0.39, 0.29) is 6.42 Å². The van der Waals surface area contributed by atoms with E-state index in [1.165, 1.54) is 12.1 Å². The highest BCUT2D eigenvalue weighted by Gasteiger charge is 2.14. The first kappa shape index (κ1) is 13.5. The molecular formula is C15H11ClFNO. The number of hydrogen-bond donors (Lipinski definition) is 1. The summed E-state index contributed by atoms with van der Waals surface area (Å²) in [6, 6.07) is 12.9. The van der Waals surface area contributed by atoms with Crippen LogP contribution >= 0.6 is 11.6 Å². The van der Waals surface area contributed by atoms with E-state index in [2.05, 4.69) is 0 Å². The van der Waals surface area contributed by atoms with Gasteiger partial charge in [-0.25, -0.2) is 4.39 Å². The second kappa shape index (κ2) is 5.83. The highest BCUT2D eigenvalue weighted by atomic mass is 35.5. The lowest BCUT2D eigenvalue weighted by molar-refractivity contribution is 0.177. The Labute approximate surface area is 115 Å². The van der Waals surface area contributed by atoms with E-state index in [0.717, 1.165) is 0 Å². The molecule has 2 aromatic carbocycles. The summed E-state index contributed by atoms with van der Waals surface area (Å²) < 4.78 is 13.6. The maximum Gasteiger partial charge on any atom is 0.127 e. The van der Waals surface area contributed by atoms with Gasteiger partial charge in [0.15, 0.2) is 0 Å². The number of hydrogen-bond acceptors (Lipinski definition) is 2. The Kier molecular flexibility index (Phi) is 4.16. The van der Waals surface area contributed by atoms with Crippen molar-refractivity contribution in [2.75, 3.05) is 0 Å². The third-order valence-corrected chi connectivity index (χ3v) is 3.24. The molecule has 0 heterocycles. The lowest BCUT2D eigenvalue weighted by Gasteiger charge is -2.13. The van der Waals surface area contributed by atoms with Gasteiger partial charge in [0.1, 0.15) is 5.82 Å². The molecule has 2 rings (SSSR count). The van der Waals surface area contributed by atoms with Crippen molar-refractivity contribution in [3.8, 4) is 6.07 Å². The highest BCUT2D eigenvalue weighted by Crippen LogP contribution is 2.25. The van der Waals surface area contributed by atoms with E-state index in [4.69, 9.17) is 16.9 Å². The molecule has 0 aliphatic rings. The van der Waals surface area contributed by atoms with Crippen LogP contribution in [-0.4, -0.2) is 5.11 Å². The molecule has 0 bridgehead atoms. The van der Waals surface area contributed by atoms with Crippen molar-refractivity contribution in [1.29, 1.82) is 5.26 Å². The lowest BCUT2D eigenvalue weighted by Crippen LogP contribution is -2.04. The summed E-state index contributed by atoms with van der Waals surface area (Å²) in [5, 5.41) is 19.1. The van der Waals surface area contributed by atoms with Crippen molar-refractivity contribution in [3.63, 3.8) is 0 Å². The van der Waals surface area contributed by atoms with Crippen LogP contribution in [0.2, 0.25) is 5.02 Å². The monoisotopic (exact) mass is 275 g/mol. The Balaban J connectivity index is 2.21. The zero-order valence-corrected chi connectivity index (χ0v) is 10.7. The molecule has 0 aromatic heterocycles. The normalized spacial score (nSPS) is 11.9. The van der Waals surface area contributed by atoms with E-state index in [1.807, 2.05) is 6.07 Å². The van der Waals surface area contributed by atoms with Crippen LogP contribution in [0.15, 0.2) is 42.5 Å². The van der Waals surface area contributed by atoms with Gasteiger partial charge >= 0.3 is 0 Å². The number of benzene rings is 2. The molecule has 2 nitrogen and oxygen atoms in total. The number of aliphatic hydroxyl groups is 1. The smallest absolute Gasteiger partial charge is 0.127 e. The molecule has 0 amide bonds. The van der Waals surface area contributed by atoms with E-state index >= 15 is 0 Å². The SMILES string of the molecule is N#Cc1ccc(C(O)Cc2c(F)cccc2Cl)cc1. The fourth-order valence-corrected chi connectivity index (χ4v) is 2.06. The zero-order valence-electron chi connectivity index (χ0n) is 9.98. The van der Waals surface area contributed by atoms with Crippen LogP contribution in [0.3, 0.4) is 0 Å². The zero-order chi connectivity index (χ0) is 13.8. The molecular weight excluding hydrogens is 265 g/mol. The molecule has 0 aliphatic heterocycles. The molecule has 96 valence electrons. The maximum absolute atomic E-state index is 13.6. The molecule has 0 fully saturated rings. The summed E-state index contributed by atoms with van der Waals surface area (Å²) in [6.07, 6.45) is -0.764. The first-order valence-corrected chi connectivity index (χ1v) is 6.10. The van der Waals surface area contributed by atoms with Crippen molar-refractivity contribution in [2.24, 2.45) is 0 Å². The standard InChI is InChI=1S/C15H11ClFNO/c16-13-2-1-3-14(17)12(13)8-15(19)11-6-4-10(9-18)5-7-11/h1-7,15,19H,8H2. The Morgan fingerprint density at radius 1 is 1.21 bits per heavy atom. The predicted molar refractivity (Wildman–Crippen MR) is 71.2 cm³/mol. The fraction of sp³-hybridized carbons (Fsp3) is 0.133. The summed E-state index contributed by atoms with van der Waals surface area (Å²) in [4.78, 5) is 0. The largest absolute Gasteiger partial charge is 0.388 e. The minimum atomic E-state index is -0.859. The fourth-order valence-electron chi connectivity index (χ4n) is 1.82. The molecule has 19 heavy (non-hydrogen) atoms. The Hall–Kier alpha value is -1.89. The van der Waals surface area contributed by atoms with Crippen LogP contribution < -0.4 is 0 Å². The average molecular weight is 276 g/mol. The molecule has 0 saturated heterocycles. The summed E-state index contributed by atoms with van der Waals surface area (Å²) in [5.41, 5.74) is 1.43. The molecule has 4 heteroatoms. The van der Waals surface area contributed by atoms with Gasteiger partial charge in [-0.2, -0.15) is 5.26 Å². The first-order chi connectivity index (χ1) is 9.11. The van der Waals surface area contributed by atoms with Crippen LogP contribution in [0, 0.1) is 17.1 Å². The van der Waals surface area contributed by atoms with Gasteiger partial charge in [0.25, 0.3) is 0 Å². The van der Waals surface area contributed by atoms with Gasteiger partial charge < -0.3 is 5.11 Å². The third kappa shape index (κ3) is 3.11. The maximum atomic E-state index is 13.6. The van der Waals surface area contributed by atoms with Gasteiger partial charge in [0, 0.05) is 17.0 Å². The van der Waals surface area contributed by atoms with Gasteiger partial charge in [0.2, 0.25) is 0 Å². The van der Waals surface area contributed by atoms with Gasteiger partial charge in [-0.15, -0.1) is 0 Å². The summed E-state index contributed by atoms with van der Waals surface area (Å²) >= 11 is 5.91. The van der Waals surface area contributed by atoms with Gasteiger partial charge in [0.05, 0.1) is 17.7 Å². The molecule has 1 N–H and O–H groups in total. The minimum absolute atomic E-state index is 0.0946. The Morgan fingerprint density at radius 3 is 2.47 bits per heavy atom. The quantitative estimate of drug-likeness (QED) is 0.930. The van der Waals surface area contributed by atoms with E-state index < -0.39 is 11.9 Å². The topological polar surface area (TPSA) is 44.0 Å². The summed E-state index contributed by atoms with van der Waals surface area (Å²) in [7, 11) is 0. The van der Waals surface area contributed by atoms with Crippen LogP contribution in [0.1, 0.15) is 22.8 Å². The summed E-state index contributed by atoms with van der Waals surface area (Å²) in [6.45, 7) is 0. The summed E-state index contributed by atoms with van der Waals surface area (Å²) in [5.74, 6) is -0.430. The molecule has 1 unspecified atom stereocenters. The van der Waals surface area contributed by atoms with Crippen molar-refractivity contribution in [1.82, 2.24) is 0 Å². The van der Waals surface area contributed by atoms with Crippen molar-refractivity contribution < 1.29 is 9.50 Å². The minimum Gasteiger partial charge on any atom is -0.388 e. The average Bonchev–Trinajstić information content (AvgIpc) is 2.43. The first-order valence-electron chi connectivity index (χ1n) is 5.73. The van der Waals surface area contributed by atoms with Crippen molar-refractivity contribution in [3.05, 3.63) is 70.0 Å². The molecule has 0 spiro atoms. The Morgan fingerprint density at radius 2 is 1.89 bits per heavy atom. The molecule has 2 aromatic rings. The second-order valence-corrected chi connectivity index (χ2v) is 4.56. The van der Waals surface area contributed by atoms with Crippen molar-refractivity contribution in [2.45, 2.75) is 12.5 Å². The van der Waals surface area contributed by atoms with Crippen molar-refractivity contribution >= 4 is 11.6 Å². The van der Waals surface area contributed by atoms with Crippen LogP contribution in [0.25, 0.3) is 0 Å². The Bertz CT molecular complexity index is 599. The van der Waals surface area contributed by atoms with Gasteiger partial charge in [-0.3, -0.25) is 0 Å². The molecule has 0 radical (unpaired) electrons. The number of halogens is 2. The second-order valence-electron chi connectivity index (χ2n) is 4.15.